The molecule has 0 amide bonds. The fourth-order valence-corrected chi connectivity index (χ4v) is 1.43. The van der Waals surface area contributed by atoms with Gasteiger partial charge in [0, 0.05) is 17.8 Å². The highest BCUT2D eigenvalue weighted by Gasteiger charge is 2.02. The van der Waals surface area contributed by atoms with Crippen LogP contribution >= 0.6 is 0 Å². The molecule has 4 nitrogen and oxygen atoms in total. The summed E-state index contributed by atoms with van der Waals surface area (Å²) in [7, 11) is 0. The lowest BCUT2D eigenvalue weighted by atomic mass is 10.2. The summed E-state index contributed by atoms with van der Waals surface area (Å²) >= 11 is 0. The van der Waals surface area contributed by atoms with Gasteiger partial charge >= 0.3 is 0 Å². The summed E-state index contributed by atoms with van der Waals surface area (Å²) in [6.45, 7) is 1.50. The third-order valence-corrected chi connectivity index (χ3v) is 2.47. The molecule has 18 heavy (non-hydrogen) atoms. The SMILES string of the molecule is CC(=O)c1ccc(Oc2ccc(CO)cc2)nc1. The number of hydrogen-bond acceptors (Lipinski definition) is 4. The van der Waals surface area contributed by atoms with Crippen LogP contribution in [0.1, 0.15) is 22.8 Å². The van der Waals surface area contributed by atoms with Crippen molar-refractivity contribution in [3.8, 4) is 11.6 Å². The van der Waals surface area contributed by atoms with E-state index in [4.69, 9.17) is 9.84 Å². The van der Waals surface area contributed by atoms with Crippen LogP contribution in [0.4, 0.5) is 0 Å². The Morgan fingerprint density at radius 2 is 1.94 bits per heavy atom. The van der Waals surface area contributed by atoms with Gasteiger partial charge in [-0.05, 0) is 30.7 Å². The monoisotopic (exact) mass is 243 g/mol. The van der Waals surface area contributed by atoms with Gasteiger partial charge in [-0.3, -0.25) is 4.79 Å². The molecule has 1 N–H and O–H groups in total. The molecule has 0 saturated carbocycles. The Morgan fingerprint density at radius 1 is 1.22 bits per heavy atom. The maximum absolute atomic E-state index is 11.1. The van der Waals surface area contributed by atoms with E-state index in [2.05, 4.69) is 4.98 Å². The highest BCUT2D eigenvalue weighted by Crippen LogP contribution is 2.19. The van der Waals surface area contributed by atoms with E-state index < -0.39 is 0 Å². The Morgan fingerprint density at radius 3 is 2.44 bits per heavy atom. The number of rotatable bonds is 4. The average Bonchev–Trinajstić information content (AvgIpc) is 2.40. The molecule has 0 fully saturated rings. The number of Topliss-reactive ketones (excluding diaryl/α,β-unsaturated/α-hetero) is 1. The van der Waals surface area contributed by atoms with Gasteiger partial charge in [0.05, 0.1) is 6.61 Å². The predicted octanol–water partition coefficient (Wildman–Crippen LogP) is 2.57. The first-order chi connectivity index (χ1) is 8.69. The zero-order valence-corrected chi connectivity index (χ0v) is 9.96. The molecule has 0 atom stereocenters. The van der Waals surface area contributed by atoms with Crippen LogP contribution in [0.25, 0.3) is 0 Å². The van der Waals surface area contributed by atoms with Gasteiger partial charge in [-0.1, -0.05) is 12.1 Å². The van der Waals surface area contributed by atoms with Crippen molar-refractivity contribution in [3.05, 3.63) is 53.7 Å². The maximum atomic E-state index is 11.1. The van der Waals surface area contributed by atoms with Crippen LogP contribution < -0.4 is 4.74 Å². The Hall–Kier alpha value is -2.20. The fourth-order valence-electron chi connectivity index (χ4n) is 1.43. The van der Waals surface area contributed by atoms with Crippen LogP contribution in [-0.2, 0) is 6.61 Å². The van der Waals surface area contributed by atoms with Gasteiger partial charge in [-0.25, -0.2) is 4.98 Å². The first-order valence-corrected chi connectivity index (χ1v) is 5.53. The maximum Gasteiger partial charge on any atom is 0.219 e. The number of aliphatic hydroxyl groups excluding tert-OH is 1. The molecule has 4 heteroatoms. The number of ketones is 1. The lowest BCUT2D eigenvalue weighted by Gasteiger charge is -2.05. The number of nitrogens with zero attached hydrogens (tertiary/aromatic N) is 1. The number of carbonyl (C=O) groups is 1. The van der Waals surface area contributed by atoms with Gasteiger partial charge in [0.2, 0.25) is 5.88 Å². The van der Waals surface area contributed by atoms with Crippen molar-refractivity contribution in [1.29, 1.82) is 0 Å². The third kappa shape index (κ3) is 2.93. The molecule has 0 aliphatic heterocycles. The molecule has 92 valence electrons. The van der Waals surface area contributed by atoms with E-state index in [0.29, 0.717) is 17.2 Å². The number of pyridine rings is 1. The molecule has 0 spiro atoms. The van der Waals surface area contributed by atoms with Crippen LogP contribution in [0.5, 0.6) is 11.6 Å². The van der Waals surface area contributed by atoms with Crippen LogP contribution in [0.3, 0.4) is 0 Å². The molecular formula is C14H13NO3. The van der Waals surface area contributed by atoms with Gasteiger partial charge in [0.25, 0.3) is 0 Å². The van der Waals surface area contributed by atoms with E-state index in [1.54, 1.807) is 36.4 Å². The molecule has 2 aromatic rings. The van der Waals surface area contributed by atoms with Crippen molar-refractivity contribution in [2.75, 3.05) is 0 Å². The van der Waals surface area contributed by atoms with Crippen LogP contribution in [-0.4, -0.2) is 15.9 Å². The van der Waals surface area contributed by atoms with E-state index in [-0.39, 0.29) is 12.4 Å². The molecule has 0 unspecified atom stereocenters. The van der Waals surface area contributed by atoms with Crippen molar-refractivity contribution in [2.24, 2.45) is 0 Å². The average molecular weight is 243 g/mol. The van der Waals surface area contributed by atoms with Gasteiger partial charge in [-0.15, -0.1) is 0 Å². The first-order valence-electron chi connectivity index (χ1n) is 5.53. The zero-order valence-electron chi connectivity index (χ0n) is 9.96. The van der Waals surface area contributed by atoms with Crippen molar-refractivity contribution in [3.63, 3.8) is 0 Å². The normalized spacial score (nSPS) is 10.1. The molecule has 1 aromatic heterocycles. The van der Waals surface area contributed by atoms with Crippen molar-refractivity contribution in [2.45, 2.75) is 13.5 Å². The van der Waals surface area contributed by atoms with E-state index in [1.807, 2.05) is 0 Å². The first kappa shape index (κ1) is 12.3. The molecule has 0 saturated heterocycles. The summed E-state index contributed by atoms with van der Waals surface area (Å²) in [6.07, 6.45) is 1.49. The second kappa shape index (κ2) is 5.42. The number of carbonyl (C=O) groups excluding carboxylic acids is 1. The summed E-state index contributed by atoms with van der Waals surface area (Å²) < 4.78 is 5.51. The van der Waals surface area contributed by atoms with Gasteiger partial charge in [0.15, 0.2) is 5.78 Å². The van der Waals surface area contributed by atoms with E-state index >= 15 is 0 Å². The fraction of sp³-hybridized carbons (Fsp3) is 0.143. The summed E-state index contributed by atoms with van der Waals surface area (Å²) in [5, 5.41) is 8.92. The lowest BCUT2D eigenvalue weighted by Crippen LogP contribution is -1.94. The highest BCUT2D eigenvalue weighted by molar-refractivity contribution is 5.93. The molecule has 0 aliphatic rings. The standard InChI is InChI=1S/C14H13NO3/c1-10(17)12-4-7-14(15-8-12)18-13-5-2-11(9-16)3-6-13/h2-8,16H,9H2,1H3. The Balaban J connectivity index is 2.10. The van der Waals surface area contributed by atoms with Gasteiger partial charge < -0.3 is 9.84 Å². The summed E-state index contributed by atoms with van der Waals surface area (Å²) in [5.74, 6) is 1.04. The van der Waals surface area contributed by atoms with Crippen molar-refractivity contribution in [1.82, 2.24) is 4.98 Å². The van der Waals surface area contributed by atoms with E-state index in [9.17, 15) is 4.79 Å². The molecule has 0 radical (unpaired) electrons. The zero-order chi connectivity index (χ0) is 13.0. The van der Waals surface area contributed by atoms with Crippen LogP contribution in [0.2, 0.25) is 0 Å². The van der Waals surface area contributed by atoms with Gasteiger partial charge in [0.1, 0.15) is 5.75 Å². The Bertz CT molecular complexity index is 532. The van der Waals surface area contributed by atoms with Crippen molar-refractivity contribution >= 4 is 5.78 Å². The largest absolute Gasteiger partial charge is 0.439 e. The minimum Gasteiger partial charge on any atom is -0.439 e. The predicted molar refractivity (Wildman–Crippen MR) is 66.7 cm³/mol. The number of aromatic nitrogens is 1. The second-order valence-corrected chi connectivity index (χ2v) is 3.85. The quantitative estimate of drug-likeness (QED) is 0.838. The Kier molecular flexibility index (Phi) is 3.69. The summed E-state index contributed by atoms with van der Waals surface area (Å²) in [5.41, 5.74) is 1.38. The summed E-state index contributed by atoms with van der Waals surface area (Å²) in [4.78, 5) is 15.1. The smallest absolute Gasteiger partial charge is 0.219 e. The number of aliphatic hydroxyl groups is 1. The lowest BCUT2D eigenvalue weighted by molar-refractivity contribution is 0.101. The van der Waals surface area contributed by atoms with Crippen molar-refractivity contribution < 1.29 is 14.6 Å². The third-order valence-electron chi connectivity index (χ3n) is 2.47. The molecule has 1 aromatic carbocycles. The van der Waals surface area contributed by atoms with E-state index in [0.717, 1.165) is 5.56 Å². The molecule has 1 heterocycles. The highest BCUT2D eigenvalue weighted by atomic mass is 16.5. The Labute approximate surface area is 105 Å². The minimum absolute atomic E-state index is 0.00579. The molecule has 0 bridgehead atoms. The molecular weight excluding hydrogens is 230 g/mol. The van der Waals surface area contributed by atoms with E-state index in [1.165, 1.54) is 13.1 Å². The molecule has 0 aliphatic carbocycles. The number of ether oxygens (including phenoxy) is 1. The van der Waals surface area contributed by atoms with Crippen LogP contribution in [0, 0.1) is 0 Å². The summed E-state index contributed by atoms with van der Waals surface area (Å²) in [6, 6.07) is 10.4. The molecule has 2 rings (SSSR count). The van der Waals surface area contributed by atoms with Gasteiger partial charge in [-0.2, -0.15) is 0 Å². The topological polar surface area (TPSA) is 59.4 Å². The minimum atomic E-state index is -0.0265. The second-order valence-electron chi connectivity index (χ2n) is 3.85. The van der Waals surface area contributed by atoms with Crippen LogP contribution in [0.15, 0.2) is 42.6 Å². The number of benzene rings is 1. The number of hydrogen-bond donors (Lipinski definition) is 1.